The molecule has 2 heterocycles. The van der Waals surface area contributed by atoms with Crippen LogP contribution in [0.2, 0.25) is 0 Å². The highest BCUT2D eigenvalue weighted by Gasteiger charge is 2.29. The van der Waals surface area contributed by atoms with Gasteiger partial charge in [0.15, 0.2) is 0 Å². The molecule has 2 aromatic heterocycles. The summed E-state index contributed by atoms with van der Waals surface area (Å²) in [4.78, 5) is 12.6. The van der Waals surface area contributed by atoms with Crippen LogP contribution in [0.15, 0.2) is 24.3 Å². The maximum atomic E-state index is 4.95. The topological polar surface area (TPSA) is 37.8 Å². The van der Waals surface area contributed by atoms with E-state index in [0.717, 1.165) is 17.3 Å². The van der Waals surface area contributed by atoms with Crippen molar-refractivity contribution in [1.82, 2.24) is 9.97 Å². The molecule has 3 aromatic rings. The number of benzene rings is 1. The van der Waals surface area contributed by atoms with Gasteiger partial charge in [0.05, 0.1) is 5.39 Å². The van der Waals surface area contributed by atoms with E-state index in [1.54, 1.807) is 0 Å². The van der Waals surface area contributed by atoms with E-state index in [1.807, 2.05) is 11.3 Å². The molecule has 3 nitrogen and oxygen atoms in total. The number of aromatic nitrogens is 2. The second kappa shape index (κ2) is 5.55. The molecule has 2 aliphatic rings. The van der Waals surface area contributed by atoms with Gasteiger partial charge in [-0.25, -0.2) is 9.97 Å². The Labute approximate surface area is 146 Å². The lowest BCUT2D eigenvalue weighted by Crippen LogP contribution is -2.03. The summed E-state index contributed by atoms with van der Waals surface area (Å²) in [6, 6.07) is 8.56. The summed E-state index contributed by atoms with van der Waals surface area (Å²) in [6.07, 6.45) is 7.45. The summed E-state index contributed by atoms with van der Waals surface area (Å²) in [7, 11) is 0. The monoisotopic (exact) mass is 335 g/mol. The van der Waals surface area contributed by atoms with Crippen LogP contribution in [0.25, 0.3) is 10.2 Å². The van der Waals surface area contributed by atoms with E-state index in [-0.39, 0.29) is 0 Å². The molecule has 0 bridgehead atoms. The van der Waals surface area contributed by atoms with Gasteiger partial charge in [-0.15, -0.1) is 11.3 Å². The second-order valence-corrected chi connectivity index (χ2v) is 8.17. The van der Waals surface area contributed by atoms with E-state index in [0.29, 0.717) is 5.92 Å². The molecular formula is C20H21N3S. The van der Waals surface area contributed by atoms with Crippen molar-refractivity contribution in [2.24, 2.45) is 0 Å². The van der Waals surface area contributed by atoms with E-state index >= 15 is 0 Å². The average molecular weight is 335 g/mol. The van der Waals surface area contributed by atoms with E-state index in [1.165, 1.54) is 64.7 Å². The highest BCUT2D eigenvalue weighted by molar-refractivity contribution is 7.19. The molecule has 0 amide bonds. The van der Waals surface area contributed by atoms with Crippen LogP contribution in [0, 0.1) is 6.92 Å². The zero-order valence-electron chi connectivity index (χ0n) is 13.9. The van der Waals surface area contributed by atoms with Crippen LogP contribution in [-0.4, -0.2) is 9.97 Å². The third-order valence-corrected chi connectivity index (χ3v) is 6.27. The molecule has 1 N–H and O–H groups in total. The number of aryl methyl sites for hydroxylation is 3. The summed E-state index contributed by atoms with van der Waals surface area (Å²) in [6.45, 7) is 2.12. The molecule has 0 radical (unpaired) electrons. The third-order valence-electron chi connectivity index (χ3n) is 5.09. The Morgan fingerprint density at radius 3 is 2.62 bits per heavy atom. The zero-order chi connectivity index (χ0) is 16.1. The van der Waals surface area contributed by atoms with Gasteiger partial charge >= 0.3 is 0 Å². The predicted octanol–water partition coefficient (Wildman–Crippen LogP) is 5.50. The first-order valence-corrected chi connectivity index (χ1v) is 9.75. The smallest absolute Gasteiger partial charge is 0.143 e. The van der Waals surface area contributed by atoms with Crippen LogP contribution in [0.5, 0.6) is 0 Å². The lowest BCUT2D eigenvalue weighted by molar-refractivity contribution is 0.700. The van der Waals surface area contributed by atoms with Crippen LogP contribution in [-0.2, 0) is 12.8 Å². The molecule has 24 heavy (non-hydrogen) atoms. The molecule has 1 aromatic carbocycles. The lowest BCUT2D eigenvalue weighted by Gasteiger charge is -2.13. The average Bonchev–Trinajstić information content (AvgIpc) is 3.37. The van der Waals surface area contributed by atoms with Crippen LogP contribution in [0.3, 0.4) is 0 Å². The van der Waals surface area contributed by atoms with Crippen molar-refractivity contribution in [2.45, 2.75) is 51.4 Å². The number of hydrogen-bond acceptors (Lipinski definition) is 4. The van der Waals surface area contributed by atoms with Crippen LogP contribution >= 0.6 is 11.3 Å². The predicted molar refractivity (Wildman–Crippen MR) is 100 cm³/mol. The molecule has 0 unspecified atom stereocenters. The molecule has 4 heteroatoms. The first-order valence-electron chi connectivity index (χ1n) is 8.94. The van der Waals surface area contributed by atoms with Crippen molar-refractivity contribution in [3.63, 3.8) is 0 Å². The van der Waals surface area contributed by atoms with Gasteiger partial charge < -0.3 is 5.32 Å². The minimum Gasteiger partial charge on any atom is -0.340 e. The fourth-order valence-electron chi connectivity index (χ4n) is 3.56. The maximum absolute atomic E-state index is 4.95. The van der Waals surface area contributed by atoms with E-state index < -0.39 is 0 Å². The summed E-state index contributed by atoms with van der Waals surface area (Å²) < 4.78 is 0. The van der Waals surface area contributed by atoms with Crippen LogP contribution < -0.4 is 5.32 Å². The molecule has 0 spiro atoms. The van der Waals surface area contributed by atoms with E-state index in [4.69, 9.17) is 9.97 Å². The maximum Gasteiger partial charge on any atom is 0.143 e. The summed E-state index contributed by atoms with van der Waals surface area (Å²) in [5, 5.41) is 4.87. The molecule has 0 aliphatic heterocycles. The van der Waals surface area contributed by atoms with Crippen molar-refractivity contribution in [1.29, 1.82) is 0 Å². The van der Waals surface area contributed by atoms with Gasteiger partial charge in [-0.1, -0.05) is 17.7 Å². The van der Waals surface area contributed by atoms with Crippen LogP contribution in [0.1, 0.15) is 53.4 Å². The Hall–Kier alpha value is -1.94. The van der Waals surface area contributed by atoms with E-state index in [2.05, 4.69) is 36.5 Å². The Morgan fingerprint density at radius 2 is 1.83 bits per heavy atom. The van der Waals surface area contributed by atoms with E-state index in [9.17, 15) is 0 Å². The SMILES string of the molecule is Cc1ccc(Nc2nc(C3CC3)nc3sc4c(c23)CCCC4)cc1. The van der Waals surface area contributed by atoms with Gasteiger partial charge in [-0.05, 0) is 63.1 Å². The number of anilines is 2. The Morgan fingerprint density at radius 1 is 1.04 bits per heavy atom. The van der Waals surface area contributed by atoms with Gasteiger partial charge in [-0.3, -0.25) is 0 Å². The number of hydrogen-bond donors (Lipinski definition) is 1. The van der Waals surface area contributed by atoms with Gasteiger partial charge in [0.25, 0.3) is 0 Å². The second-order valence-electron chi connectivity index (χ2n) is 7.09. The van der Waals surface area contributed by atoms with Gasteiger partial charge in [0.1, 0.15) is 16.5 Å². The lowest BCUT2D eigenvalue weighted by atomic mass is 9.97. The standard InChI is InChI=1S/C20H21N3S/c1-12-6-10-14(11-7-12)21-19-17-15-4-2-3-5-16(15)24-20(17)23-18(22-19)13-8-9-13/h6-7,10-11,13H,2-5,8-9H2,1H3,(H,21,22,23). The molecule has 0 atom stereocenters. The number of fused-ring (bicyclic) bond motifs is 3. The van der Waals surface area contributed by atoms with Gasteiger partial charge in [0.2, 0.25) is 0 Å². The first-order chi connectivity index (χ1) is 11.8. The van der Waals surface area contributed by atoms with Crippen LogP contribution in [0.4, 0.5) is 11.5 Å². The highest BCUT2D eigenvalue weighted by Crippen LogP contribution is 2.43. The largest absolute Gasteiger partial charge is 0.340 e. The fraction of sp³-hybridized carbons (Fsp3) is 0.400. The van der Waals surface area contributed by atoms with Crippen molar-refractivity contribution in [3.05, 3.63) is 46.1 Å². The molecule has 1 saturated carbocycles. The Bertz CT molecular complexity index is 907. The molecule has 1 fully saturated rings. The molecule has 122 valence electrons. The number of rotatable bonds is 3. The van der Waals surface area contributed by atoms with Crippen molar-refractivity contribution in [3.8, 4) is 0 Å². The summed E-state index contributed by atoms with van der Waals surface area (Å²) >= 11 is 1.90. The quantitative estimate of drug-likeness (QED) is 0.687. The normalized spacial score (nSPS) is 17.0. The Balaban J connectivity index is 1.66. The summed E-state index contributed by atoms with van der Waals surface area (Å²) in [5.74, 6) is 2.63. The fourth-order valence-corrected chi connectivity index (χ4v) is 4.83. The minimum atomic E-state index is 0.576. The number of nitrogens with one attached hydrogen (secondary N) is 1. The van der Waals surface area contributed by atoms with Crippen molar-refractivity contribution in [2.75, 3.05) is 5.32 Å². The van der Waals surface area contributed by atoms with Gasteiger partial charge in [-0.2, -0.15) is 0 Å². The first kappa shape index (κ1) is 14.4. The Kier molecular flexibility index (Phi) is 3.33. The molecule has 5 rings (SSSR count). The highest BCUT2D eigenvalue weighted by atomic mass is 32.1. The molecular weight excluding hydrogens is 314 g/mol. The van der Waals surface area contributed by atoms with Gasteiger partial charge in [0, 0.05) is 16.5 Å². The molecule has 2 aliphatic carbocycles. The number of thiophene rings is 1. The third kappa shape index (κ3) is 2.49. The zero-order valence-corrected chi connectivity index (χ0v) is 14.7. The summed E-state index contributed by atoms with van der Waals surface area (Å²) in [5.41, 5.74) is 3.89. The van der Waals surface area contributed by atoms with Crippen molar-refractivity contribution < 1.29 is 0 Å². The minimum absolute atomic E-state index is 0.576. The van der Waals surface area contributed by atoms with Crippen molar-refractivity contribution >= 4 is 33.1 Å². The number of nitrogens with zero attached hydrogens (tertiary/aromatic N) is 2. The molecule has 0 saturated heterocycles.